The summed E-state index contributed by atoms with van der Waals surface area (Å²) in [5, 5.41) is 17.6. The first-order valence-corrected chi connectivity index (χ1v) is 8.32. The molecule has 136 valence electrons. The van der Waals surface area contributed by atoms with Gasteiger partial charge in [-0.1, -0.05) is 23.2 Å². The average Bonchev–Trinajstić information content (AvgIpc) is 2.91. The van der Waals surface area contributed by atoms with E-state index in [0.717, 1.165) is 13.1 Å². The fourth-order valence-electron chi connectivity index (χ4n) is 2.42. The second kappa shape index (κ2) is 10.6. The van der Waals surface area contributed by atoms with Crippen LogP contribution in [0.3, 0.4) is 0 Å². The summed E-state index contributed by atoms with van der Waals surface area (Å²) in [5.41, 5.74) is 6.98. The van der Waals surface area contributed by atoms with Gasteiger partial charge in [0.2, 0.25) is 0 Å². The zero-order valence-corrected chi connectivity index (χ0v) is 17.5. The van der Waals surface area contributed by atoms with Gasteiger partial charge in [0.05, 0.1) is 6.10 Å². The molecule has 2 rings (SSSR count). The van der Waals surface area contributed by atoms with Crippen molar-refractivity contribution in [2.75, 3.05) is 26.7 Å². The molecular weight excluding hydrogens is 464 g/mol. The highest BCUT2D eigenvalue weighted by molar-refractivity contribution is 14.0. The number of aliphatic hydroxyl groups excluding tert-OH is 1. The predicted octanol–water partition coefficient (Wildman–Crippen LogP) is 1.92. The summed E-state index contributed by atoms with van der Waals surface area (Å²) in [7, 11) is 1.70. The highest BCUT2D eigenvalue weighted by Gasteiger charge is 2.22. The lowest BCUT2D eigenvalue weighted by atomic mass is 10.0. The Labute approximate surface area is 169 Å². The number of nitrogens with zero attached hydrogens (tertiary/aromatic N) is 1. The Balaban J connectivity index is 0.00000288. The first-order chi connectivity index (χ1) is 11.0. The maximum Gasteiger partial charge on any atom is 0.191 e. The lowest BCUT2D eigenvalue weighted by Crippen LogP contribution is -2.43. The Morgan fingerprint density at radius 2 is 2.00 bits per heavy atom. The quantitative estimate of drug-likeness (QED) is 0.249. The van der Waals surface area contributed by atoms with E-state index in [2.05, 4.69) is 33.4 Å². The van der Waals surface area contributed by atoms with Gasteiger partial charge in [0.1, 0.15) is 0 Å². The molecule has 1 heterocycles. The van der Waals surface area contributed by atoms with Crippen molar-refractivity contribution in [2.24, 2.45) is 10.9 Å². The molecule has 9 heteroatoms. The fraction of sp³-hybridized carbons (Fsp3) is 0.533. The molecule has 24 heavy (non-hydrogen) atoms. The number of hydrazine groups is 1. The molecule has 3 atom stereocenters. The molecule has 0 aliphatic carbocycles. The van der Waals surface area contributed by atoms with Crippen LogP contribution >= 0.6 is 47.2 Å². The minimum Gasteiger partial charge on any atom is -0.387 e. The van der Waals surface area contributed by atoms with Crippen molar-refractivity contribution in [1.29, 1.82) is 0 Å². The molecule has 1 aliphatic heterocycles. The lowest BCUT2D eigenvalue weighted by Gasteiger charge is -2.19. The van der Waals surface area contributed by atoms with E-state index in [1.165, 1.54) is 0 Å². The van der Waals surface area contributed by atoms with Gasteiger partial charge in [0.15, 0.2) is 5.96 Å². The Kier molecular flexibility index (Phi) is 9.61. The maximum atomic E-state index is 10.3. The van der Waals surface area contributed by atoms with Crippen LogP contribution < -0.4 is 21.5 Å². The molecule has 1 aromatic carbocycles. The molecule has 1 fully saturated rings. The van der Waals surface area contributed by atoms with Crippen molar-refractivity contribution in [3.05, 3.63) is 33.8 Å². The van der Waals surface area contributed by atoms with Crippen LogP contribution in [0.4, 0.5) is 0 Å². The van der Waals surface area contributed by atoms with Crippen molar-refractivity contribution >= 4 is 53.1 Å². The smallest absolute Gasteiger partial charge is 0.191 e. The van der Waals surface area contributed by atoms with Crippen molar-refractivity contribution in [3.63, 3.8) is 0 Å². The number of nitrogens with one attached hydrogen (secondary N) is 4. The Bertz CT molecular complexity index is 540. The molecule has 1 saturated heterocycles. The Hall–Kier alpha value is -0.320. The summed E-state index contributed by atoms with van der Waals surface area (Å²) in [6.45, 7) is 4.15. The van der Waals surface area contributed by atoms with Gasteiger partial charge in [-0.2, -0.15) is 0 Å². The maximum absolute atomic E-state index is 10.3. The summed E-state index contributed by atoms with van der Waals surface area (Å²) in [4.78, 5) is 4.17. The first kappa shape index (κ1) is 21.7. The molecule has 5 N–H and O–H groups in total. The van der Waals surface area contributed by atoms with Crippen LogP contribution in [0.5, 0.6) is 0 Å². The van der Waals surface area contributed by atoms with Crippen LogP contribution in [0.2, 0.25) is 10.0 Å². The number of rotatable bonds is 5. The third-order valence-electron chi connectivity index (χ3n) is 3.89. The van der Waals surface area contributed by atoms with Crippen LogP contribution in [0.15, 0.2) is 23.2 Å². The number of halogens is 3. The molecule has 0 radical (unpaired) electrons. The Morgan fingerprint density at radius 1 is 1.33 bits per heavy atom. The van der Waals surface area contributed by atoms with Gasteiger partial charge in [0.25, 0.3) is 0 Å². The number of guanidine groups is 1. The number of aliphatic hydroxyl groups is 1. The van der Waals surface area contributed by atoms with Crippen molar-refractivity contribution in [2.45, 2.75) is 19.1 Å². The van der Waals surface area contributed by atoms with E-state index in [1.54, 1.807) is 25.2 Å². The van der Waals surface area contributed by atoms with E-state index in [9.17, 15) is 5.11 Å². The zero-order valence-electron chi connectivity index (χ0n) is 13.6. The summed E-state index contributed by atoms with van der Waals surface area (Å²) in [6.07, 6.45) is -0.724. The molecule has 0 bridgehead atoms. The molecule has 1 aromatic rings. The number of hydrogen-bond donors (Lipinski definition) is 5. The van der Waals surface area contributed by atoms with Gasteiger partial charge in [-0.05, 0) is 30.7 Å². The van der Waals surface area contributed by atoms with Crippen LogP contribution in [0.1, 0.15) is 18.6 Å². The third-order valence-corrected chi connectivity index (χ3v) is 4.33. The van der Waals surface area contributed by atoms with Crippen molar-refractivity contribution in [3.8, 4) is 0 Å². The normalized spacial score (nSPS) is 22.0. The number of aliphatic imine (C=N–C) groups is 1. The number of benzene rings is 1. The minimum atomic E-state index is -0.724. The summed E-state index contributed by atoms with van der Waals surface area (Å²) < 4.78 is 0. The molecular formula is C15H24Cl2IN5O. The van der Waals surface area contributed by atoms with Crippen molar-refractivity contribution < 1.29 is 5.11 Å². The predicted molar refractivity (Wildman–Crippen MR) is 110 cm³/mol. The third kappa shape index (κ3) is 6.53. The van der Waals surface area contributed by atoms with Gasteiger partial charge in [-0.3, -0.25) is 15.8 Å². The monoisotopic (exact) mass is 487 g/mol. The second-order valence-corrected chi connectivity index (χ2v) is 6.50. The van der Waals surface area contributed by atoms with E-state index in [-0.39, 0.29) is 24.0 Å². The highest BCUT2D eigenvalue weighted by Crippen LogP contribution is 2.23. The number of hydrogen-bond acceptors (Lipinski definition) is 4. The van der Waals surface area contributed by atoms with E-state index in [0.29, 0.717) is 40.1 Å². The summed E-state index contributed by atoms with van der Waals surface area (Å²) in [6, 6.07) is 5.44. The van der Waals surface area contributed by atoms with E-state index in [4.69, 9.17) is 23.2 Å². The van der Waals surface area contributed by atoms with Gasteiger partial charge in [-0.25, -0.2) is 0 Å². The molecule has 0 amide bonds. The molecule has 6 nitrogen and oxygen atoms in total. The first-order valence-electron chi connectivity index (χ1n) is 7.56. The van der Waals surface area contributed by atoms with Crippen molar-refractivity contribution in [1.82, 2.24) is 21.5 Å². The van der Waals surface area contributed by atoms with Gasteiger partial charge in [-0.15, -0.1) is 24.0 Å². The summed E-state index contributed by atoms with van der Waals surface area (Å²) in [5.74, 6) is 1.13. The van der Waals surface area contributed by atoms with Gasteiger partial charge in [0, 0.05) is 48.7 Å². The van der Waals surface area contributed by atoms with Crippen LogP contribution in [0, 0.1) is 5.92 Å². The molecule has 0 spiro atoms. The van der Waals surface area contributed by atoms with E-state index >= 15 is 0 Å². The van der Waals surface area contributed by atoms with E-state index < -0.39 is 6.10 Å². The second-order valence-electron chi connectivity index (χ2n) is 5.63. The van der Waals surface area contributed by atoms with Gasteiger partial charge < -0.3 is 15.7 Å². The fourth-order valence-corrected chi connectivity index (χ4v) is 2.96. The molecule has 0 saturated carbocycles. The van der Waals surface area contributed by atoms with Crippen LogP contribution in [-0.4, -0.2) is 43.8 Å². The Morgan fingerprint density at radius 3 is 2.54 bits per heavy atom. The molecule has 1 aliphatic rings. The van der Waals surface area contributed by atoms with Crippen LogP contribution in [-0.2, 0) is 0 Å². The van der Waals surface area contributed by atoms with Crippen LogP contribution in [0.25, 0.3) is 0 Å². The summed E-state index contributed by atoms with van der Waals surface area (Å²) >= 11 is 11.9. The standard InChI is InChI=1S/C15H23Cl2N5O.HI/c1-9-11(7-21-22-9)6-19-15(18-2)20-8-14(23)10-3-12(16)5-13(17)4-10;/h3-5,9,11,14,21-23H,6-8H2,1-2H3,(H2,18,19,20);1H. The minimum absolute atomic E-state index is 0. The largest absolute Gasteiger partial charge is 0.387 e. The average molecular weight is 488 g/mol. The van der Waals surface area contributed by atoms with Gasteiger partial charge >= 0.3 is 0 Å². The lowest BCUT2D eigenvalue weighted by molar-refractivity contribution is 0.181. The molecule has 0 aromatic heterocycles. The zero-order chi connectivity index (χ0) is 16.8. The molecule has 3 unspecified atom stereocenters. The topological polar surface area (TPSA) is 80.7 Å². The highest BCUT2D eigenvalue weighted by atomic mass is 127. The SMILES string of the molecule is CN=C(NCC(O)c1cc(Cl)cc(Cl)c1)NCC1CNNC1C.I. The van der Waals surface area contributed by atoms with E-state index in [1.807, 2.05) is 0 Å².